The van der Waals surface area contributed by atoms with Crippen molar-refractivity contribution in [1.29, 1.82) is 0 Å². The van der Waals surface area contributed by atoms with Gasteiger partial charge in [0.25, 0.3) is 5.91 Å². The Bertz CT molecular complexity index is 1110. The molecule has 6 nitrogen and oxygen atoms in total. The molecule has 4 rings (SSSR count). The predicted octanol–water partition coefficient (Wildman–Crippen LogP) is 4.24. The van der Waals surface area contributed by atoms with Gasteiger partial charge in [0.15, 0.2) is 0 Å². The van der Waals surface area contributed by atoms with Crippen LogP contribution in [0.25, 0.3) is 0 Å². The number of methoxy groups -OCH3 is 1. The maximum Gasteiger partial charge on any atom is 0.251 e. The van der Waals surface area contributed by atoms with E-state index < -0.39 is 0 Å². The highest BCUT2D eigenvalue weighted by molar-refractivity contribution is 5.95. The second-order valence-corrected chi connectivity index (χ2v) is 8.38. The number of carbonyl (C=O) groups excluding carboxylic acids is 2. The van der Waals surface area contributed by atoms with Crippen LogP contribution >= 0.6 is 0 Å². The Hall–Kier alpha value is -3.80. The standard InChI is InChI=1S/C28H30N2O4/c1-33-26-14-8-6-9-21(26)19-27(31)30-17-15-23(16-18-30)29-28(32)25-13-7-5-10-22(25)20-34-24-11-3-2-4-12-24/h2-14,23H,15-20H2,1H3,(H,29,32). The third kappa shape index (κ3) is 5.95. The van der Waals surface area contributed by atoms with Crippen molar-refractivity contribution in [3.63, 3.8) is 0 Å². The summed E-state index contributed by atoms with van der Waals surface area (Å²) in [6.45, 7) is 1.57. The van der Waals surface area contributed by atoms with Gasteiger partial charge in [-0.25, -0.2) is 0 Å². The van der Waals surface area contributed by atoms with Crippen LogP contribution in [0, 0.1) is 0 Å². The number of amides is 2. The molecular weight excluding hydrogens is 428 g/mol. The number of rotatable bonds is 8. The van der Waals surface area contributed by atoms with Crippen LogP contribution in [-0.4, -0.2) is 43.0 Å². The summed E-state index contributed by atoms with van der Waals surface area (Å²) in [5.74, 6) is 1.47. The number of hydrogen-bond acceptors (Lipinski definition) is 4. The van der Waals surface area contributed by atoms with Gasteiger partial charge in [-0.3, -0.25) is 9.59 Å². The van der Waals surface area contributed by atoms with Crippen molar-refractivity contribution in [1.82, 2.24) is 10.2 Å². The maximum atomic E-state index is 13.0. The van der Waals surface area contributed by atoms with E-state index in [0.29, 0.717) is 31.7 Å². The molecule has 0 atom stereocenters. The lowest BCUT2D eigenvalue weighted by molar-refractivity contribution is -0.131. The van der Waals surface area contributed by atoms with Crippen LogP contribution in [0.1, 0.15) is 34.3 Å². The third-order valence-electron chi connectivity index (χ3n) is 6.12. The van der Waals surface area contributed by atoms with Crippen molar-refractivity contribution in [3.05, 3.63) is 95.6 Å². The van der Waals surface area contributed by atoms with Crippen molar-refractivity contribution < 1.29 is 19.1 Å². The first-order valence-electron chi connectivity index (χ1n) is 11.6. The van der Waals surface area contributed by atoms with E-state index in [1.165, 1.54) is 0 Å². The van der Waals surface area contributed by atoms with Crippen molar-refractivity contribution >= 4 is 11.8 Å². The summed E-state index contributed by atoms with van der Waals surface area (Å²) in [4.78, 5) is 27.7. The molecule has 2 amide bonds. The van der Waals surface area contributed by atoms with Gasteiger partial charge >= 0.3 is 0 Å². The van der Waals surface area contributed by atoms with Crippen molar-refractivity contribution in [2.24, 2.45) is 0 Å². The molecule has 0 saturated carbocycles. The van der Waals surface area contributed by atoms with Gasteiger partial charge in [0.2, 0.25) is 5.91 Å². The van der Waals surface area contributed by atoms with Crippen LogP contribution in [-0.2, 0) is 17.8 Å². The summed E-state index contributed by atoms with van der Waals surface area (Å²) >= 11 is 0. The Kier molecular flexibility index (Phi) is 7.81. The first-order valence-corrected chi connectivity index (χ1v) is 11.6. The number of ether oxygens (including phenoxy) is 2. The fourth-order valence-corrected chi connectivity index (χ4v) is 4.21. The minimum absolute atomic E-state index is 0.0332. The van der Waals surface area contributed by atoms with E-state index in [1.54, 1.807) is 7.11 Å². The van der Waals surface area contributed by atoms with Gasteiger partial charge in [-0.15, -0.1) is 0 Å². The van der Waals surface area contributed by atoms with E-state index in [1.807, 2.05) is 83.8 Å². The Morgan fingerprint density at radius 1 is 0.882 bits per heavy atom. The Morgan fingerprint density at radius 2 is 1.53 bits per heavy atom. The minimum atomic E-state index is -0.105. The molecule has 1 N–H and O–H groups in total. The van der Waals surface area contributed by atoms with E-state index in [2.05, 4.69) is 5.32 Å². The zero-order valence-corrected chi connectivity index (χ0v) is 19.4. The fraction of sp³-hybridized carbons (Fsp3) is 0.286. The van der Waals surface area contributed by atoms with Crippen LogP contribution in [0.5, 0.6) is 11.5 Å². The van der Waals surface area contributed by atoms with E-state index >= 15 is 0 Å². The molecule has 0 aliphatic carbocycles. The smallest absolute Gasteiger partial charge is 0.251 e. The summed E-state index contributed by atoms with van der Waals surface area (Å²) in [6, 6.07) is 24.7. The molecule has 34 heavy (non-hydrogen) atoms. The Morgan fingerprint density at radius 3 is 2.26 bits per heavy atom. The normalized spacial score (nSPS) is 13.9. The Balaban J connectivity index is 1.29. The maximum absolute atomic E-state index is 13.0. The van der Waals surface area contributed by atoms with Gasteiger partial charge in [-0.2, -0.15) is 0 Å². The summed E-state index contributed by atoms with van der Waals surface area (Å²) in [7, 11) is 1.61. The molecule has 1 heterocycles. The van der Waals surface area contributed by atoms with Crippen molar-refractivity contribution in [3.8, 4) is 11.5 Å². The monoisotopic (exact) mass is 458 g/mol. The third-order valence-corrected chi connectivity index (χ3v) is 6.12. The highest BCUT2D eigenvalue weighted by atomic mass is 16.5. The molecule has 1 fully saturated rings. The number of piperidine rings is 1. The highest BCUT2D eigenvalue weighted by Crippen LogP contribution is 2.20. The molecule has 0 aromatic heterocycles. The summed E-state index contributed by atoms with van der Waals surface area (Å²) in [5, 5.41) is 3.15. The van der Waals surface area contributed by atoms with E-state index in [-0.39, 0.29) is 17.9 Å². The lowest BCUT2D eigenvalue weighted by atomic mass is 10.0. The zero-order valence-electron chi connectivity index (χ0n) is 19.4. The van der Waals surface area contributed by atoms with Crippen molar-refractivity contribution in [2.75, 3.05) is 20.2 Å². The molecule has 176 valence electrons. The minimum Gasteiger partial charge on any atom is -0.496 e. The topological polar surface area (TPSA) is 67.9 Å². The van der Waals surface area contributed by atoms with Crippen molar-refractivity contribution in [2.45, 2.75) is 31.9 Å². The Labute approximate surface area is 200 Å². The molecule has 0 spiro atoms. The molecule has 1 saturated heterocycles. The largest absolute Gasteiger partial charge is 0.496 e. The van der Waals surface area contributed by atoms with Gasteiger partial charge in [-0.1, -0.05) is 54.6 Å². The van der Waals surface area contributed by atoms with E-state index in [9.17, 15) is 9.59 Å². The average Bonchev–Trinajstić information content (AvgIpc) is 2.89. The molecule has 0 bridgehead atoms. The van der Waals surface area contributed by atoms with Crippen LogP contribution < -0.4 is 14.8 Å². The summed E-state index contributed by atoms with van der Waals surface area (Å²) in [6.07, 6.45) is 1.77. The number of nitrogens with one attached hydrogen (secondary N) is 1. The zero-order chi connectivity index (χ0) is 23.8. The SMILES string of the molecule is COc1ccccc1CC(=O)N1CCC(NC(=O)c2ccccc2COc2ccccc2)CC1. The number of nitrogens with zero attached hydrogens (tertiary/aromatic N) is 1. The second kappa shape index (κ2) is 11.4. The highest BCUT2D eigenvalue weighted by Gasteiger charge is 2.25. The molecule has 3 aromatic carbocycles. The number of para-hydroxylation sites is 2. The second-order valence-electron chi connectivity index (χ2n) is 8.38. The number of hydrogen-bond donors (Lipinski definition) is 1. The van der Waals surface area contributed by atoms with Crippen LogP contribution in [0.4, 0.5) is 0 Å². The predicted molar refractivity (Wildman–Crippen MR) is 131 cm³/mol. The van der Waals surface area contributed by atoms with Crippen LogP contribution in [0.15, 0.2) is 78.9 Å². The fourth-order valence-electron chi connectivity index (χ4n) is 4.21. The van der Waals surface area contributed by atoms with Crippen LogP contribution in [0.2, 0.25) is 0 Å². The summed E-state index contributed by atoms with van der Waals surface area (Å²) in [5.41, 5.74) is 2.35. The van der Waals surface area contributed by atoms with Gasteiger partial charge in [0.05, 0.1) is 13.5 Å². The summed E-state index contributed by atoms with van der Waals surface area (Å²) < 4.78 is 11.2. The molecule has 1 aliphatic heterocycles. The lowest BCUT2D eigenvalue weighted by Gasteiger charge is -2.32. The van der Waals surface area contributed by atoms with Crippen LogP contribution in [0.3, 0.4) is 0 Å². The van der Waals surface area contributed by atoms with Gasteiger partial charge in [0, 0.05) is 35.8 Å². The molecule has 6 heteroatoms. The van der Waals surface area contributed by atoms with E-state index in [4.69, 9.17) is 9.47 Å². The number of likely N-dealkylation sites (tertiary alicyclic amines) is 1. The molecule has 0 unspecified atom stereocenters. The van der Waals surface area contributed by atoms with Gasteiger partial charge in [0.1, 0.15) is 18.1 Å². The average molecular weight is 459 g/mol. The van der Waals surface area contributed by atoms with Gasteiger partial charge < -0.3 is 19.7 Å². The molecule has 3 aromatic rings. The molecular formula is C28H30N2O4. The first kappa shape index (κ1) is 23.4. The molecule has 0 radical (unpaired) electrons. The number of benzene rings is 3. The van der Waals surface area contributed by atoms with E-state index in [0.717, 1.165) is 35.5 Å². The lowest BCUT2D eigenvalue weighted by Crippen LogP contribution is -2.47. The molecule has 1 aliphatic rings. The van der Waals surface area contributed by atoms with Gasteiger partial charge in [-0.05, 0) is 37.1 Å². The first-order chi connectivity index (χ1) is 16.6. The number of carbonyl (C=O) groups is 2. The quantitative estimate of drug-likeness (QED) is 0.548.